The number of benzene rings is 1. The monoisotopic (exact) mass is 208 g/mol. The highest BCUT2D eigenvalue weighted by Crippen LogP contribution is 2.22. The van der Waals surface area contributed by atoms with E-state index in [1.165, 1.54) is 0 Å². The first-order valence-electron chi connectivity index (χ1n) is 4.21. The number of aromatic nitrogens is 1. The molecule has 0 saturated heterocycles. The smallest absolute Gasteiger partial charge is 0.252 e. The minimum Gasteiger partial charge on any atom is -0.361 e. The van der Waals surface area contributed by atoms with Gasteiger partial charge in [0, 0.05) is 24.1 Å². The number of amides is 1. The van der Waals surface area contributed by atoms with Crippen LogP contribution in [0.15, 0.2) is 24.4 Å². The van der Waals surface area contributed by atoms with Crippen molar-refractivity contribution in [2.75, 3.05) is 7.05 Å². The molecule has 72 valence electrons. The summed E-state index contributed by atoms with van der Waals surface area (Å²) in [6.45, 7) is 0. The van der Waals surface area contributed by atoms with Gasteiger partial charge in [0.15, 0.2) is 0 Å². The van der Waals surface area contributed by atoms with Gasteiger partial charge in [-0.3, -0.25) is 4.79 Å². The maximum atomic E-state index is 11.4. The maximum Gasteiger partial charge on any atom is 0.252 e. The van der Waals surface area contributed by atoms with Gasteiger partial charge in [0.25, 0.3) is 5.91 Å². The Morgan fingerprint density at radius 3 is 3.00 bits per heavy atom. The van der Waals surface area contributed by atoms with Crippen LogP contribution in [0.25, 0.3) is 10.9 Å². The van der Waals surface area contributed by atoms with E-state index in [0.29, 0.717) is 10.6 Å². The number of hydrogen-bond donors (Lipinski definition) is 2. The van der Waals surface area contributed by atoms with E-state index in [-0.39, 0.29) is 5.91 Å². The highest BCUT2D eigenvalue weighted by Gasteiger charge is 2.09. The van der Waals surface area contributed by atoms with E-state index in [9.17, 15) is 4.79 Å². The van der Waals surface area contributed by atoms with Crippen LogP contribution >= 0.6 is 11.6 Å². The molecule has 1 aromatic carbocycles. The molecule has 4 heteroatoms. The van der Waals surface area contributed by atoms with E-state index in [4.69, 9.17) is 11.6 Å². The second-order valence-corrected chi connectivity index (χ2v) is 3.38. The van der Waals surface area contributed by atoms with E-state index in [1.807, 2.05) is 12.3 Å². The Bertz CT molecular complexity index is 490. The summed E-state index contributed by atoms with van der Waals surface area (Å²) >= 11 is 5.95. The lowest BCUT2D eigenvalue weighted by Crippen LogP contribution is -2.18. The molecule has 0 spiro atoms. The summed E-state index contributed by atoms with van der Waals surface area (Å²) in [5.41, 5.74) is 1.43. The molecule has 0 radical (unpaired) electrons. The Balaban J connectivity index is 2.64. The third kappa shape index (κ3) is 1.36. The Hall–Kier alpha value is -1.48. The van der Waals surface area contributed by atoms with E-state index < -0.39 is 0 Å². The minimum atomic E-state index is -0.168. The van der Waals surface area contributed by atoms with E-state index >= 15 is 0 Å². The second kappa shape index (κ2) is 3.35. The van der Waals surface area contributed by atoms with Crippen molar-refractivity contribution in [3.63, 3.8) is 0 Å². The fraction of sp³-hybridized carbons (Fsp3) is 0.100. The molecule has 0 unspecified atom stereocenters. The number of aromatic amines is 1. The molecule has 0 aliphatic heterocycles. The van der Waals surface area contributed by atoms with Crippen molar-refractivity contribution < 1.29 is 4.79 Å². The number of halogens is 1. The number of carbonyl (C=O) groups is 1. The van der Waals surface area contributed by atoms with Crippen LogP contribution in [0.3, 0.4) is 0 Å². The summed E-state index contributed by atoms with van der Waals surface area (Å²) in [4.78, 5) is 14.4. The first kappa shape index (κ1) is 9.09. The summed E-state index contributed by atoms with van der Waals surface area (Å²) in [5, 5.41) is 3.98. The lowest BCUT2D eigenvalue weighted by atomic mass is 10.1. The predicted molar refractivity (Wildman–Crippen MR) is 56.7 cm³/mol. The molecule has 0 fully saturated rings. The first-order chi connectivity index (χ1) is 6.72. The zero-order chi connectivity index (χ0) is 10.1. The zero-order valence-electron chi connectivity index (χ0n) is 7.60. The molecule has 2 rings (SSSR count). The van der Waals surface area contributed by atoms with Gasteiger partial charge in [-0.15, -0.1) is 0 Å². The molecule has 1 heterocycles. The topological polar surface area (TPSA) is 44.9 Å². The molecule has 14 heavy (non-hydrogen) atoms. The SMILES string of the molecule is CNC(=O)c1cc2cc[nH]c2cc1Cl. The quantitative estimate of drug-likeness (QED) is 0.742. The number of fused-ring (bicyclic) bond motifs is 1. The first-order valence-corrected chi connectivity index (χ1v) is 4.59. The van der Waals surface area contributed by atoms with E-state index in [2.05, 4.69) is 10.3 Å². The van der Waals surface area contributed by atoms with Gasteiger partial charge in [-0.1, -0.05) is 11.6 Å². The van der Waals surface area contributed by atoms with Crippen molar-refractivity contribution in [2.24, 2.45) is 0 Å². The highest BCUT2D eigenvalue weighted by atomic mass is 35.5. The van der Waals surface area contributed by atoms with Crippen molar-refractivity contribution in [3.05, 3.63) is 35.0 Å². The second-order valence-electron chi connectivity index (χ2n) is 2.98. The number of hydrogen-bond acceptors (Lipinski definition) is 1. The lowest BCUT2D eigenvalue weighted by molar-refractivity contribution is 0.0963. The largest absolute Gasteiger partial charge is 0.361 e. The summed E-state index contributed by atoms with van der Waals surface area (Å²) in [7, 11) is 1.58. The average molecular weight is 209 g/mol. The van der Waals surface area contributed by atoms with Crippen molar-refractivity contribution in [1.29, 1.82) is 0 Å². The van der Waals surface area contributed by atoms with Crippen LogP contribution in [-0.2, 0) is 0 Å². The normalized spacial score (nSPS) is 10.4. The van der Waals surface area contributed by atoms with Crippen LogP contribution in [0.2, 0.25) is 5.02 Å². The molecule has 1 amide bonds. The lowest BCUT2D eigenvalue weighted by Gasteiger charge is -2.02. The molecule has 2 N–H and O–H groups in total. The Morgan fingerprint density at radius 2 is 2.29 bits per heavy atom. The molecule has 0 aliphatic carbocycles. The van der Waals surface area contributed by atoms with Gasteiger partial charge >= 0.3 is 0 Å². The summed E-state index contributed by atoms with van der Waals surface area (Å²) < 4.78 is 0. The van der Waals surface area contributed by atoms with Gasteiger partial charge < -0.3 is 10.3 Å². The molecule has 0 atom stereocenters. The van der Waals surface area contributed by atoms with Gasteiger partial charge in [0.1, 0.15) is 0 Å². The predicted octanol–water partition coefficient (Wildman–Crippen LogP) is 2.18. The molecular weight excluding hydrogens is 200 g/mol. The van der Waals surface area contributed by atoms with Gasteiger partial charge in [0.05, 0.1) is 10.6 Å². The van der Waals surface area contributed by atoms with Gasteiger partial charge in [-0.25, -0.2) is 0 Å². The fourth-order valence-electron chi connectivity index (χ4n) is 1.38. The number of nitrogens with one attached hydrogen (secondary N) is 2. The molecule has 1 aromatic heterocycles. The molecule has 0 aliphatic rings. The number of carbonyl (C=O) groups excluding carboxylic acids is 1. The summed E-state index contributed by atoms with van der Waals surface area (Å²) in [6, 6.07) is 5.42. The number of H-pyrrole nitrogens is 1. The molecule has 0 bridgehead atoms. The van der Waals surface area contributed by atoms with Crippen molar-refractivity contribution in [1.82, 2.24) is 10.3 Å². The third-order valence-corrected chi connectivity index (χ3v) is 2.43. The average Bonchev–Trinajstić information content (AvgIpc) is 2.62. The third-order valence-electron chi connectivity index (χ3n) is 2.11. The van der Waals surface area contributed by atoms with Crippen molar-refractivity contribution in [2.45, 2.75) is 0 Å². The van der Waals surface area contributed by atoms with Crippen LogP contribution in [0.1, 0.15) is 10.4 Å². The van der Waals surface area contributed by atoms with Crippen LogP contribution in [0, 0.1) is 0 Å². The van der Waals surface area contributed by atoms with Crippen LogP contribution in [-0.4, -0.2) is 17.9 Å². The van der Waals surface area contributed by atoms with Gasteiger partial charge in [0.2, 0.25) is 0 Å². The fourth-order valence-corrected chi connectivity index (χ4v) is 1.63. The minimum absolute atomic E-state index is 0.168. The van der Waals surface area contributed by atoms with Gasteiger partial charge in [-0.05, 0) is 18.2 Å². The molecule has 0 saturated carbocycles. The van der Waals surface area contributed by atoms with E-state index in [0.717, 1.165) is 10.9 Å². The maximum absolute atomic E-state index is 11.4. The molecule has 3 nitrogen and oxygen atoms in total. The Labute approximate surface area is 86.1 Å². The van der Waals surface area contributed by atoms with Gasteiger partial charge in [-0.2, -0.15) is 0 Å². The number of rotatable bonds is 1. The Morgan fingerprint density at radius 1 is 1.50 bits per heavy atom. The highest BCUT2D eigenvalue weighted by molar-refractivity contribution is 6.34. The van der Waals surface area contributed by atoms with Crippen LogP contribution in [0.5, 0.6) is 0 Å². The van der Waals surface area contributed by atoms with Crippen LogP contribution < -0.4 is 5.32 Å². The molecular formula is C10H9ClN2O. The molecule has 2 aromatic rings. The van der Waals surface area contributed by atoms with Crippen molar-refractivity contribution in [3.8, 4) is 0 Å². The standard InChI is InChI=1S/C10H9ClN2O/c1-12-10(14)7-4-6-2-3-13-9(6)5-8(7)11/h2-5,13H,1H3,(H,12,14). The van der Waals surface area contributed by atoms with Crippen molar-refractivity contribution >= 4 is 28.4 Å². The summed E-state index contributed by atoms with van der Waals surface area (Å²) in [6.07, 6.45) is 1.81. The Kier molecular flexibility index (Phi) is 2.17. The van der Waals surface area contributed by atoms with E-state index in [1.54, 1.807) is 19.2 Å². The van der Waals surface area contributed by atoms with Crippen LogP contribution in [0.4, 0.5) is 0 Å². The zero-order valence-corrected chi connectivity index (χ0v) is 8.35. The summed E-state index contributed by atoms with van der Waals surface area (Å²) in [5.74, 6) is -0.168.